The first-order valence-electron chi connectivity index (χ1n) is 8.31. The Balaban J connectivity index is 1.74. The van der Waals surface area contributed by atoms with Crippen molar-refractivity contribution in [3.63, 3.8) is 0 Å². The van der Waals surface area contributed by atoms with Gasteiger partial charge in [0.25, 0.3) is 0 Å². The maximum absolute atomic E-state index is 14.2. The second-order valence-electron chi connectivity index (χ2n) is 6.23. The maximum Gasteiger partial charge on any atom is 0.303 e. The quantitative estimate of drug-likeness (QED) is 0.787. The number of nitrogens with zero attached hydrogens (tertiary/aromatic N) is 1. The van der Waals surface area contributed by atoms with Crippen LogP contribution in [-0.2, 0) is 22.6 Å². The van der Waals surface area contributed by atoms with Gasteiger partial charge in [0.05, 0.1) is 12.3 Å². The van der Waals surface area contributed by atoms with Crippen LogP contribution in [0.15, 0.2) is 12.1 Å². The summed E-state index contributed by atoms with van der Waals surface area (Å²) in [6, 6.07) is 2.23. The molecule has 2 aromatic rings. The molecule has 3 rings (SSSR count). The third kappa shape index (κ3) is 4.19. The van der Waals surface area contributed by atoms with Crippen LogP contribution in [0.3, 0.4) is 0 Å². The Morgan fingerprint density at radius 1 is 1.42 bits per heavy atom. The summed E-state index contributed by atoms with van der Waals surface area (Å²) < 4.78 is 43.7. The molecular formula is C18H19F2NO4S. The van der Waals surface area contributed by atoms with Gasteiger partial charge in [-0.2, -0.15) is 4.37 Å². The van der Waals surface area contributed by atoms with Crippen molar-refractivity contribution < 1.29 is 28.2 Å². The topological polar surface area (TPSA) is 68.7 Å². The summed E-state index contributed by atoms with van der Waals surface area (Å²) in [5.74, 6) is -2.96. The van der Waals surface area contributed by atoms with E-state index in [-0.39, 0.29) is 30.9 Å². The van der Waals surface area contributed by atoms with Gasteiger partial charge in [-0.3, -0.25) is 4.79 Å². The largest absolute Gasteiger partial charge is 0.483 e. The van der Waals surface area contributed by atoms with Crippen LogP contribution < -0.4 is 4.74 Å². The minimum Gasteiger partial charge on any atom is -0.483 e. The molecule has 0 spiro atoms. The Kier molecular flexibility index (Phi) is 5.83. The van der Waals surface area contributed by atoms with Gasteiger partial charge in [-0.05, 0) is 49.0 Å². The molecule has 1 fully saturated rings. The number of aromatic nitrogens is 1. The van der Waals surface area contributed by atoms with Crippen molar-refractivity contribution in [2.75, 3.05) is 13.2 Å². The zero-order valence-electron chi connectivity index (χ0n) is 14.3. The highest BCUT2D eigenvalue weighted by Crippen LogP contribution is 2.32. The van der Waals surface area contributed by atoms with Gasteiger partial charge in [-0.25, -0.2) is 8.78 Å². The number of halogens is 2. The molecule has 1 aliphatic rings. The highest BCUT2D eigenvalue weighted by Gasteiger charge is 2.25. The predicted octanol–water partition coefficient (Wildman–Crippen LogP) is 3.83. The van der Waals surface area contributed by atoms with Crippen LogP contribution in [-0.4, -0.2) is 28.7 Å². The fourth-order valence-electron chi connectivity index (χ4n) is 2.95. The van der Waals surface area contributed by atoms with Crippen molar-refractivity contribution >= 4 is 17.5 Å². The van der Waals surface area contributed by atoms with Crippen molar-refractivity contribution in [1.82, 2.24) is 4.37 Å². The van der Waals surface area contributed by atoms with Crippen molar-refractivity contribution in [2.45, 2.75) is 38.7 Å². The van der Waals surface area contributed by atoms with E-state index < -0.39 is 23.4 Å². The van der Waals surface area contributed by atoms with Gasteiger partial charge < -0.3 is 14.6 Å². The molecule has 1 aromatic heterocycles. The zero-order valence-corrected chi connectivity index (χ0v) is 15.1. The number of carboxylic acids is 1. The molecule has 1 aliphatic heterocycles. The van der Waals surface area contributed by atoms with E-state index >= 15 is 0 Å². The molecule has 1 N–H and O–H groups in total. The van der Waals surface area contributed by atoms with Crippen molar-refractivity contribution in [1.29, 1.82) is 0 Å². The normalized spacial score (nSPS) is 16.8. The van der Waals surface area contributed by atoms with E-state index in [0.29, 0.717) is 13.2 Å². The zero-order chi connectivity index (χ0) is 18.7. The summed E-state index contributed by atoms with van der Waals surface area (Å²) in [4.78, 5) is 11.5. The highest BCUT2D eigenvalue weighted by molar-refractivity contribution is 7.05. The Labute approximate surface area is 153 Å². The Morgan fingerprint density at radius 3 is 2.77 bits per heavy atom. The molecule has 5 nitrogen and oxygen atoms in total. The third-order valence-electron chi connectivity index (χ3n) is 4.38. The average Bonchev–Trinajstić information content (AvgIpc) is 3.22. The fraction of sp³-hybridized carbons (Fsp3) is 0.444. The van der Waals surface area contributed by atoms with Crippen molar-refractivity contribution in [3.05, 3.63) is 45.5 Å². The maximum atomic E-state index is 14.2. The minimum atomic E-state index is -1.02. The first-order chi connectivity index (χ1) is 12.5. The van der Waals surface area contributed by atoms with E-state index in [2.05, 4.69) is 4.37 Å². The predicted molar refractivity (Wildman–Crippen MR) is 91.7 cm³/mol. The van der Waals surface area contributed by atoms with E-state index in [9.17, 15) is 13.6 Å². The number of rotatable bonds is 7. The lowest BCUT2D eigenvalue weighted by Gasteiger charge is -2.12. The molecule has 2 heterocycles. The summed E-state index contributed by atoms with van der Waals surface area (Å²) in [7, 11) is 0. The second kappa shape index (κ2) is 8.09. The summed E-state index contributed by atoms with van der Waals surface area (Å²) >= 11 is 1.34. The molecule has 0 aliphatic carbocycles. The molecule has 26 heavy (non-hydrogen) atoms. The molecule has 140 valence electrons. The molecule has 1 unspecified atom stereocenters. The molecule has 8 heteroatoms. The first-order valence-corrected chi connectivity index (χ1v) is 9.08. The van der Waals surface area contributed by atoms with E-state index in [1.807, 2.05) is 6.92 Å². The van der Waals surface area contributed by atoms with Crippen LogP contribution in [0, 0.1) is 18.6 Å². The number of benzene rings is 1. The van der Waals surface area contributed by atoms with Gasteiger partial charge >= 0.3 is 5.97 Å². The molecule has 1 aromatic carbocycles. The summed E-state index contributed by atoms with van der Waals surface area (Å²) in [6.45, 7) is 3.20. The van der Waals surface area contributed by atoms with Gasteiger partial charge in [0.1, 0.15) is 6.61 Å². The van der Waals surface area contributed by atoms with Crippen LogP contribution >= 0.6 is 11.5 Å². The average molecular weight is 383 g/mol. The third-order valence-corrected chi connectivity index (χ3v) is 5.19. The van der Waals surface area contributed by atoms with Gasteiger partial charge in [0, 0.05) is 29.4 Å². The number of hydrogen-bond acceptors (Lipinski definition) is 5. The van der Waals surface area contributed by atoms with Gasteiger partial charge in [-0.1, -0.05) is 0 Å². The fourth-order valence-corrected chi connectivity index (χ4v) is 3.71. The highest BCUT2D eigenvalue weighted by atomic mass is 32.1. The lowest BCUT2D eigenvalue weighted by atomic mass is 10.0. The van der Waals surface area contributed by atoms with Gasteiger partial charge in [-0.15, -0.1) is 0 Å². The van der Waals surface area contributed by atoms with E-state index in [4.69, 9.17) is 14.6 Å². The smallest absolute Gasteiger partial charge is 0.303 e. The van der Waals surface area contributed by atoms with Gasteiger partial charge in [0.2, 0.25) is 0 Å². The lowest BCUT2D eigenvalue weighted by molar-refractivity contribution is -0.136. The lowest BCUT2D eigenvalue weighted by Crippen LogP contribution is -2.07. The molecule has 1 saturated heterocycles. The van der Waals surface area contributed by atoms with Crippen LogP contribution in [0.2, 0.25) is 0 Å². The van der Waals surface area contributed by atoms with E-state index in [1.165, 1.54) is 11.5 Å². The number of hydrogen-bond donors (Lipinski definition) is 1. The number of aliphatic carboxylic acids is 1. The van der Waals surface area contributed by atoms with E-state index in [1.54, 1.807) is 0 Å². The number of carboxylic acid groups (broad SMARTS) is 1. The molecule has 0 amide bonds. The van der Waals surface area contributed by atoms with Crippen LogP contribution in [0.4, 0.5) is 8.78 Å². The summed E-state index contributed by atoms with van der Waals surface area (Å²) in [5, 5.41) is 8.67. The molecular weight excluding hydrogens is 364 g/mol. The molecule has 0 radical (unpaired) electrons. The van der Waals surface area contributed by atoms with Crippen molar-refractivity contribution in [2.24, 2.45) is 0 Å². The molecule has 0 bridgehead atoms. The van der Waals surface area contributed by atoms with Crippen molar-refractivity contribution in [3.8, 4) is 5.75 Å². The Hall–Kier alpha value is -2.06. The van der Waals surface area contributed by atoms with Gasteiger partial charge in [0.15, 0.2) is 17.4 Å². The number of carbonyl (C=O) groups is 1. The SMILES string of the molecule is Cc1snc(C2CCOC2)c1COc1c(F)cc(CCC(=O)O)cc1F. The Bertz CT molecular complexity index is 779. The van der Waals surface area contributed by atoms with Crippen LogP contribution in [0.25, 0.3) is 0 Å². The first kappa shape index (κ1) is 18.7. The monoisotopic (exact) mass is 383 g/mol. The second-order valence-corrected chi connectivity index (χ2v) is 7.21. The molecule has 0 saturated carbocycles. The van der Waals surface area contributed by atoms with Crippen LogP contribution in [0.5, 0.6) is 5.75 Å². The Morgan fingerprint density at radius 2 is 2.15 bits per heavy atom. The number of ether oxygens (including phenoxy) is 2. The molecule has 1 atom stereocenters. The minimum absolute atomic E-state index is 0.0243. The number of aryl methyl sites for hydroxylation is 2. The van der Waals surface area contributed by atoms with E-state index in [0.717, 1.165) is 34.7 Å². The van der Waals surface area contributed by atoms with Crippen LogP contribution in [0.1, 0.15) is 40.5 Å². The summed E-state index contributed by atoms with van der Waals surface area (Å²) in [6.07, 6.45) is 0.742. The summed E-state index contributed by atoms with van der Waals surface area (Å²) in [5.41, 5.74) is 2.01. The standard InChI is InChI=1S/C18H19F2NO4S/c1-10-13(17(21-26-10)12-4-5-24-8-12)9-25-18-14(19)6-11(7-15(18)20)2-3-16(22)23/h6-7,12H,2-5,8-9H2,1H3,(H,22,23).